The van der Waals surface area contributed by atoms with Crippen LogP contribution in [-0.2, 0) is 6.42 Å². The van der Waals surface area contributed by atoms with Gasteiger partial charge < -0.3 is 0 Å². The average Bonchev–Trinajstić information content (AvgIpc) is 2.78. The molecule has 2 aromatic heterocycles. The number of imidazole rings is 1. The Morgan fingerprint density at radius 2 is 1.95 bits per heavy atom. The predicted molar refractivity (Wildman–Crippen MR) is 78.0 cm³/mol. The van der Waals surface area contributed by atoms with E-state index in [1.807, 2.05) is 6.07 Å². The molecule has 0 bridgehead atoms. The number of hydrogen-bond donors (Lipinski definition) is 0. The first-order chi connectivity index (χ1) is 9.29. The van der Waals surface area contributed by atoms with Crippen molar-refractivity contribution in [1.82, 2.24) is 14.5 Å². The Bertz CT molecular complexity index is 701. The molecule has 0 amide bonds. The molecule has 0 aliphatic heterocycles. The summed E-state index contributed by atoms with van der Waals surface area (Å²) in [5.74, 6) is 1.53. The maximum absolute atomic E-state index is 5.88. The molecule has 0 radical (unpaired) electrons. The van der Waals surface area contributed by atoms with Crippen molar-refractivity contribution < 1.29 is 0 Å². The summed E-state index contributed by atoms with van der Waals surface area (Å²) in [5, 5.41) is 0. The summed E-state index contributed by atoms with van der Waals surface area (Å²) < 4.78 is 2.15. The van der Waals surface area contributed by atoms with Gasteiger partial charge in [-0.2, -0.15) is 0 Å². The van der Waals surface area contributed by atoms with Crippen LogP contribution < -0.4 is 0 Å². The number of alkyl halides is 1. The molecule has 0 unspecified atom stereocenters. The highest BCUT2D eigenvalue weighted by Gasteiger charge is 2.11. The van der Waals surface area contributed by atoms with Crippen molar-refractivity contribution in [3.63, 3.8) is 0 Å². The summed E-state index contributed by atoms with van der Waals surface area (Å²) in [6.45, 7) is 2.08. The highest BCUT2D eigenvalue weighted by molar-refractivity contribution is 6.17. The number of nitrogens with zero attached hydrogens (tertiary/aromatic N) is 3. The number of aryl methyl sites for hydroxylation is 2. The monoisotopic (exact) mass is 271 g/mol. The third-order valence-electron chi connectivity index (χ3n) is 3.14. The third kappa shape index (κ3) is 2.22. The van der Waals surface area contributed by atoms with Gasteiger partial charge in [-0.05, 0) is 25.1 Å². The second-order valence-corrected chi connectivity index (χ2v) is 4.88. The zero-order chi connectivity index (χ0) is 13.2. The normalized spacial score (nSPS) is 11.1. The van der Waals surface area contributed by atoms with Crippen LogP contribution in [0.25, 0.3) is 16.7 Å². The van der Waals surface area contributed by atoms with Crippen LogP contribution in [0.4, 0.5) is 0 Å². The fourth-order valence-corrected chi connectivity index (χ4v) is 2.39. The van der Waals surface area contributed by atoms with Gasteiger partial charge in [0.2, 0.25) is 0 Å². The Labute approximate surface area is 116 Å². The molecular formula is C15H14ClN3. The zero-order valence-electron chi connectivity index (χ0n) is 10.7. The summed E-state index contributed by atoms with van der Waals surface area (Å²) in [5.41, 5.74) is 4.33. The molecule has 96 valence electrons. The van der Waals surface area contributed by atoms with E-state index in [0.717, 1.165) is 29.0 Å². The number of pyridine rings is 1. The summed E-state index contributed by atoms with van der Waals surface area (Å²) in [6.07, 6.45) is 4.32. The Kier molecular flexibility index (Phi) is 3.22. The van der Waals surface area contributed by atoms with E-state index in [2.05, 4.69) is 45.7 Å². The van der Waals surface area contributed by atoms with E-state index in [0.29, 0.717) is 5.88 Å². The SMILES string of the molecule is Cc1ccc(-n2c(CCCl)nc3cnccc32)cc1. The molecule has 0 fully saturated rings. The van der Waals surface area contributed by atoms with E-state index in [1.54, 1.807) is 12.4 Å². The van der Waals surface area contributed by atoms with Crippen LogP contribution in [0, 0.1) is 6.92 Å². The van der Waals surface area contributed by atoms with Gasteiger partial charge in [-0.3, -0.25) is 9.55 Å². The Morgan fingerprint density at radius 1 is 1.16 bits per heavy atom. The van der Waals surface area contributed by atoms with Gasteiger partial charge in [0.1, 0.15) is 11.3 Å². The molecule has 1 aromatic carbocycles. The molecule has 0 aliphatic rings. The fourth-order valence-electron chi connectivity index (χ4n) is 2.22. The van der Waals surface area contributed by atoms with E-state index in [4.69, 9.17) is 11.6 Å². The van der Waals surface area contributed by atoms with E-state index in [1.165, 1.54) is 5.56 Å². The van der Waals surface area contributed by atoms with Crippen molar-refractivity contribution in [2.75, 3.05) is 5.88 Å². The molecule has 0 N–H and O–H groups in total. The first-order valence-corrected chi connectivity index (χ1v) is 6.77. The van der Waals surface area contributed by atoms with Gasteiger partial charge in [-0.25, -0.2) is 4.98 Å². The number of aromatic nitrogens is 3. The van der Waals surface area contributed by atoms with Crippen LogP contribution in [0.3, 0.4) is 0 Å². The van der Waals surface area contributed by atoms with E-state index in [-0.39, 0.29) is 0 Å². The molecular weight excluding hydrogens is 258 g/mol. The summed E-state index contributed by atoms with van der Waals surface area (Å²) in [6, 6.07) is 10.4. The molecule has 4 heteroatoms. The van der Waals surface area contributed by atoms with Gasteiger partial charge in [0.25, 0.3) is 0 Å². The quantitative estimate of drug-likeness (QED) is 0.683. The summed E-state index contributed by atoms with van der Waals surface area (Å²) in [4.78, 5) is 8.74. The lowest BCUT2D eigenvalue weighted by molar-refractivity contribution is 0.912. The minimum absolute atomic E-state index is 0.558. The first kappa shape index (κ1) is 12.2. The van der Waals surface area contributed by atoms with Crippen LogP contribution in [-0.4, -0.2) is 20.4 Å². The highest BCUT2D eigenvalue weighted by atomic mass is 35.5. The first-order valence-electron chi connectivity index (χ1n) is 6.24. The Morgan fingerprint density at radius 3 is 2.68 bits per heavy atom. The van der Waals surface area contributed by atoms with Crippen LogP contribution in [0.2, 0.25) is 0 Å². The predicted octanol–water partition coefficient (Wildman–Crippen LogP) is 3.51. The Hall–Kier alpha value is -1.87. The maximum Gasteiger partial charge on any atom is 0.115 e. The minimum Gasteiger partial charge on any atom is -0.296 e. The topological polar surface area (TPSA) is 30.7 Å². The number of rotatable bonds is 3. The molecule has 2 heterocycles. The van der Waals surface area contributed by atoms with Crippen molar-refractivity contribution in [3.8, 4) is 5.69 Å². The fraction of sp³-hybridized carbons (Fsp3) is 0.200. The summed E-state index contributed by atoms with van der Waals surface area (Å²) >= 11 is 5.88. The standard InChI is InChI=1S/C15H14ClN3/c1-11-2-4-12(5-3-11)19-14-7-9-17-10-13(14)18-15(19)6-8-16/h2-5,7,9-10H,6,8H2,1H3. The van der Waals surface area contributed by atoms with E-state index < -0.39 is 0 Å². The number of benzene rings is 1. The minimum atomic E-state index is 0.558. The van der Waals surface area contributed by atoms with Crippen LogP contribution >= 0.6 is 11.6 Å². The van der Waals surface area contributed by atoms with Crippen molar-refractivity contribution in [3.05, 3.63) is 54.1 Å². The Balaban J connectivity index is 2.24. The van der Waals surface area contributed by atoms with Gasteiger partial charge >= 0.3 is 0 Å². The number of hydrogen-bond acceptors (Lipinski definition) is 2. The van der Waals surface area contributed by atoms with Crippen LogP contribution in [0.15, 0.2) is 42.7 Å². The molecule has 0 aliphatic carbocycles. The van der Waals surface area contributed by atoms with Gasteiger partial charge in [0.15, 0.2) is 0 Å². The lowest BCUT2D eigenvalue weighted by Crippen LogP contribution is -2.02. The molecule has 0 saturated heterocycles. The second kappa shape index (κ2) is 5.02. The van der Waals surface area contributed by atoms with E-state index >= 15 is 0 Å². The average molecular weight is 272 g/mol. The molecule has 3 rings (SSSR count). The van der Waals surface area contributed by atoms with Crippen LogP contribution in [0.5, 0.6) is 0 Å². The number of halogens is 1. The van der Waals surface area contributed by atoms with Crippen molar-refractivity contribution >= 4 is 22.6 Å². The molecule has 3 nitrogen and oxygen atoms in total. The lowest BCUT2D eigenvalue weighted by atomic mass is 10.2. The lowest BCUT2D eigenvalue weighted by Gasteiger charge is -2.08. The van der Waals surface area contributed by atoms with Gasteiger partial charge in [0, 0.05) is 24.2 Å². The molecule has 19 heavy (non-hydrogen) atoms. The van der Waals surface area contributed by atoms with Crippen molar-refractivity contribution in [2.24, 2.45) is 0 Å². The third-order valence-corrected chi connectivity index (χ3v) is 3.33. The second-order valence-electron chi connectivity index (χ2n) is 4.50. The van der Waals surface area contributed by atoms with Crippen molar-refractivity contribution in [1.29, 1.82) is 0 Å². The van der Waals surface area contributed by atoms with Crippen molar-refractivity contribution in [2.45, 2.75) is 13.3 Å². The zero-order valence-corrected chi connectivity index (χ0v) is 11.4. The van der Waals surface area contributed by atoms with Gasteiger partial charge in [0.05, 0.1) is 11.7 Å². The largest absolute Gasteiger partial charge is 0.296 e. The van der Waals surface area contributed by atoms with E-state index in [9.17, 15) is 0 Å². The highest BCUT2D eigenvalue weighted by Crippen LogP contribution is 2.21. The van der Waals surface area contributed by atoms with Gasteiger partial charge in [-0.15, -0.1) is 11.6 Å². The maximum atomic E-state index is 5.88. The smallest absolute Gasteiger partial charge is 0.115 e. The van der Waals surface area contributed by atoms with Crippen LogP contribution in [0.1, 0.15) is 11.4 Å². The summed E-state index contributed by atoms with van der Waals surface area (Å²) in [7, 11) is 0. The molecule has 0 saturated carbocycles. The number of fused-ring (bicyclic) bond motifs is 1. The molecule has 3 aromatic rings. The van der Waals surface area contributed by atoms with Gasteiger partial charge in [-0.1, -0.05) is 17.7 Å². The molecule has 0 atom stereocenters. The molecule has 0 spiro atoms.